The molecule has 2 rings (SSSR count). The van der Waals surface area contributed by atoms with Crippen molar-refractivity contribution < 1.29 is 14.3 Å². The van der Waals surface area contributed by atoms with Gasteiger partial charge < -0.3 is 15.0 Å². The first kappa shape index (κ1) is 16.6. The topological polar surface area (TPSA) is 82.4 Å². The molecule has 1 aromatic rings. The molecule has 0 spiro atoms. The van der Waals surface area contributed by atoms with Crippen molar-refractivity contribution in [1.82, 2.24) is 5.32 Å². The first-order valence-corrected chi connectivity index (χ1v) is 7.56. The first-order valence-electron chi connectivity index (χ1n) is 7.56. The first-order chi connectivity index (χ1) is 11.2. The molecular weight excluding hydrogens is 294 g/mol. The molecule has 0 atom stereocenters. The molecule has 23 heavy (non-hydrogen) atoms. The van der Waals surface area contributed by atoms with E-state index in [-0.39, 0.29) is 18.0 Å². The van der Waals surface area contributed by atoms with Gasteiger partial charge in [0, 0.05) is 18.4 Å². The van der Waals surface area contributed by atoms with E-state index in [4.69, 9.17) is 4.74 Å². The minimum atomic E-state index is -0.434. The number of ether oxygens (including phenoxy) is 1. The maximum absolute atomic E-state index is 12.6. The molecule has 1 amide bonds. The van der Waals surface area contributed by atoms with Crippen LogP contribution in [0, 0.1) is 11.3 Å². The number of anilines is 1. The highest BCUT2D eigenvalue weighted by molar-refractivity contribution is 6.08. The van der Waals surface area contributed by atoms with Crippen LogP contribution in [0.5, 0.6) is 0 Å². The van der Waals surface area contributed by atoms with Gasteiger partial charge in [-0.05, 0) is 31.4 Å². The third-order valence-corrected chi connectivity index (χ3v) is 3.50. The summed E-state index contributed by atoms with van der Waals surface area (Å²) in [7, 11) is 0. The second-order valence-corrected chi connectivity index (χ2v) is 5.04. The normalized spacial score (nSPS) is 13.7. The summed E-state index contributed by atoms with van der Waals surface area (Å²) in [6.07, 6.45) is 3.06. The van der Waals surface area contributed by atoms with Crippen LogP contribution in [-0.4, -0.2) is 31.6 Å². The number of benzene rings is 1. The summed E-state index contributed by atoms with van der Waals surface area (Å²) in [5, 5.41) is 11.9. The Morgan fingerprint density at radius 3 is 2.96 bits per heavy atom. The number of carbonyl (C=O) groups is 2. The Hall–Kier alpha value is -2.81. The Balaban J connectivity index is 2.09. The van der Waals surface area contributed by atoms with Crippen molar-refractivity contribution >= 4 is 17.6 Å². The SMILES string of the molecule is CCOC(=O)CN/C=C(/C#N)C(=O)N1CCCc2ccccc21. The summed E-state index contributed by atoms with van der Waals surface area (Å²) in [5.41, 5.74) is 1.91. The maximum atomic E-state index is 12.6. The Bertz CT molecular complexity index is 661. The lowest BCUT2D eigenvalue weighted by molar-refractivity contribution is -0.141. The van der Waals surface area contributed by atoms with E-state index in [1.165, 1.54) is 6.20 Å². The lowest BCUT2D eigenvalue weighted by Crippen LogP contribution is -2.36. The average Bonchev–Trinajstić information content (AvgIpc) is 2.58. The van der Waals surface area contributed by atoms with Crippen LogP contribution in [0.25, 0.3) is 0 Å². The molecule has 0 saturated heterocycles. The van der Waals surface area contributed by atoms with Gasteiger partial charge in [-0.2, -0.15) is 5.26 Å². The highest BCUT2D eigenvalue weighted by atomic mass is 16.5. The number of para-hydroxylation sites is 1. The van der Waals surface area contributed by atoms with Crippen LogP contribution in [-0.2, 0) is 20.7 Å². The smallest absolute Gasteiger partial charge is 0.325 e. The van der Waals surface area contributed by atoms with Gasteiger partial charge in [-0.25, -0.2) is 0 Å². The van der Waals surface area contributed by atoms with Crippen molar-refractivity contribution in [3.05, 3.63) is 41.6 Å². The Morgan fingerprint density at radius 1 is 1.43 bits per heavy atom. The summed E-state index contributed by atoms with van der Waals surface area (Å²) in [6.45, 7) is 2.50. The fourth-order valence-corrected chi connectivity index (χ4v) is 2.48. The van der Waals surface area contributed by atoms with Crippen molar-refractivity contribution in [1.29, 1.82) is 5.26 Å². The molecule has 1 N–H and O–H groups in total. The highest BCUT2D eigenvalue weighted by Gasteiger charge is 2.24. The predicted molar refractivity (Wildman–Crippen MR) is 85.4 cm³/mol. The van der Waals surface area contributed by atoms with Gasteiger partial charge in [-0.15, -0.1) is 0 Å². The van der Waals surface area contributed by atoms with E-state index >= 15 is 0 Å². The zero-order chi connectivity index (χ0) is 16.7. The Morgan fingerprint density at radius 2 is 2.22 bits per heavy atom. The van der Waals surface area contributed by atoms with E-state index < -0.39 is 5.97 Å². The van der Waals surface area contributed by atoms with E-state index in [1.54, 1.807) is 11.8 Å². The predicted octanol–water partition coefficient (Wildman–Crippen LogP) is 1.53. The van der Waals surface area contributed by atoms with Gasteiger partial charge in [0.2, 0.25) is 0 Å². The third kappa shape index (κ3) is 4.10. The van der Waals surface area contributed by atoms with Crippen molar-refractivity contribution in [2.75, 3.05) is 24.6 Å². The standard InChI is InChI=1S/C17H19N3O3/c1-2-23-16(21)12-19-11-14(10-18)17(22)20-9-5-7-13-6-3-4-8-15(13)20/h3-4,6,8,11,19H,2,5,7,9,12H2,1H3/b14-11-. The maximum Gasteiger partial charge on any atom is 0.325 e. The number of fused-ring (bicyclic) bond motifs is 1. The monoisotopic (exact) mass is 313 g/mol. The zero-order valence-electron chi connectivity index (χ0n) is 13.0. The second-order valence-electron chi connectivity index (χ2n) is 5.04. The number of amides is 1. The van der Waals surface area contributed by atoms with Crippen LogP contribution < -0.4 is 10.2 Å². The van der Waals surface area contributed by atoms with E-state index in [0.29, 0.717) is 13.2 Å². The fourth-order valence-electron chi connectivity index (χ4n) is 2.48. The Kier molecular flexibility index (Phi) is 5.75. The number of hydrogen-bond acceptors (Lipinski definition) is 5. The number of nitrogens with zero attached hydrogens (tertiary/aromatic N) is 2. The van der Waals surface area contributed by atoms with Gasteiger partial charge in [0.1, 0.15) is 18.2 Å². The van der Waals surface area contributed by atoms with Crippen molar-refractivity contribution in [3.63, 3.8) is 0 Å². The fraction of sp³-hybridized carbons (Fsp3) is 0.353. The van der Waals surface area contributed by atoms with Crippen LogP contribution in [0.2, 0.25) is 0 Å². The van der Waals surface area contributed by atoms with Gasteiger partial charge in [-0.3, -0.25) is 9.59 Å². The summed E-state index contributed by atoms with van der Waals surface area (Å²) >= 11 is 0. The van der Waals surface area contributed by atoms with Crippen LogP contribution in [0.4, 0.5) is 5.69 Å². The molecule has 1 aliphatic rings. The molecule has 0 unspecified atom stereocenters. The van der Waals surface area contributed by atoms with Gasteiger partial charge in [-0.1, -0.05) is 18.2 Å². The zero-order valence-corrected chi connectivity index (χ0v) is 13.0. The molecule has 0 bridgehead atoms. The molecule has 1 aliphatic heterocycles. The molecule has 6 heteroatoms. The minimum absolute atomic E-state index is 0.0361. The van der Waals surface area contributed by atoms with Crippen LogP contribution in [0.3, 0.4) is 0 Å². The number of nitriles is 1. The van der Waals surface area contributed by atoms with Crippen LogP contribution in [0.1, 0.15) is 18.9 Å². The van der Waals surface area contributed by atoms with E-state index in [9.17, 15) is 14.9 Å². The lowest BCUT2D eigenvalue weighted by Gasteiger charge is -2.29. The van der Waals surface area contributed by atoms with Crippen molar-refractivity contribution in [2.24, 2.45) is 0 Å². The van der Waals surface area contributed by atoms with Gasteiger partial charge in [0.15, 0.2) is 0 Å². The number of esters is 1. The van der Waals surface area contributed by atoms with Gasteiger partial charge in [0.25, 0.3) is 5.91 Å². The molecule has 0 aromatic heterocycles. The summed E-state index contributed by atoms with van der Waals surface area (Å²) < 4.78 is 4.77. The molecular formula is C17H19N3O3. The molecule has 1 heterocycles. The van der Waals surface area contributed by atoms with Crippen molar-refractivity contribution in [3.8, 4) is 6.07 Å². The minimum Gasteiger partial charge on any atom is -0.465 e. The summed E-state index contributed by atoms with van der Waals surface area (Å²) in [4.78, 5) is 25.4. The molecule has 120 valence electrons. The van der Waals surface area contributed by atoms with E-state index in [1.807, 2.05) is 30.3 Å². The number of hydrogen-bond donors (Lipinski definition) is 1. The van der Waals surface area contributed by atoms with Crippen LogP contribution in [0.15, 0.2) is 36.0 Å². The number of rotatable bonds is 5. The summed E-state index contributed by atoms with van der Waals surface area (Å²) in [5.74, 6) is -0.798. The molecule has 1 aromatic carbocycles. The lowest BCUT2D eigenvalue weighted by atomic mass is 10.0. The van der Waals surface area contributed by atoms with Gasteiger partial charge in [0.05, 0.1) is 6.61 Å². The number of nitrogens with one attached hydrogen (secondary N) is 1. The number of carbonyl (C=O) groups excluding carboxylic acids is 2. The number of aryl methyl sites for hydroxylation is 1. The van der Waals surface area contributed by atoms with Crippen LogP contribution >= 0.6 is 0 Å². The highest BCUT2D eigenvalue weighted by Crippen LogP contribution is 2.27. The summed E-state index contributed by atoms with van der Waals surface area (Å²) in [6, 6.07) is 9.58. The molecule has 0 fully saturated rings. The third-order valence-electron chi connectivity index (χ3n) is 3.50. The molecule has 0 aliphatic carbocycles. The van der Waals surface area contributed by atoms with Crippen molar-refractivity contribution in [2.45, 2.75) is 19.8 Å². The largest absolute Gasteiger partial charge is 0.465 e. The molecule has 0 radical (unpaired) electrons. The average molecular weight is 313 g/mol. The van der Waals surface area contributed by atoms with E-state index in [2.05, 4.69) is 5.32 Å². The molecule has 0 saturated carbocycles. The molecule has 6 nitrogen and oxygen atoms in total. The Labute approximate surface area is 135 Å². The second kappa shape index (κ2) is 7.99. The quantitative estimate of drug-likeness (QED) is 0.506. The van der Waals surface area contributed by atoms with Gasteiger partial charge >= 0.3 is 5.97 Å². The van der Waals surface area contributed by atoms with E-state index in [0.717, 1.165) is 24.1 Å².